The molecule has 1 atom stereocenters. The fourth-order valence-corrected chi connectivity index (χ4v) is 1.76. The molecule has 0 aliphatic heterocycles. The van der Waals surface area contributed by atoms with Gasteiger partial charge in [-0.1, -0.05) is 0 Å². The molecule has 0 aliphatic rings. The minimum Gasteiger partial charge on any atom is -0.467 e. The lowest BCUT2D eigenvalue weighted by Gasteiger charge is -2.14. The molecule has 4 heteroatoms. The van der Waals surface area contributed by atoms with Gasteiger partial charge in [0, 0.05) is 13.2 Å². The summed E-state index contributed by atoms with van der Waals surface area (Å²) in [6, 6.07) is 4.02. The minimum absolute atomic E-state index is 0.0625. The zero-order chi connectivity index (χ0) is 10.8. The number of rotatable bonds is 3. The van der Waals surface area contributed by atoms with Gasteiger partial charge in [-0.2, -0.15) is 5.10 Å². The van der Waals surface area contributed by atoms with Crippen LogP contribution in [0.5, 0.6) is 0 Å². The van der Waals surface area contributed by atoms with Gasteiger partial charge in [-0.05, 0) is 31.7 Å². The second-order valence-corrected chi connectivity index (χ2v) is 3.57. The number of furan rings is 1. The highest BCUT2D eigenvalue weighted by Gasteiger charge is 2.19. The van der Waals surface area contributed by atoms with Crippen LogP contribution in [0, 0.1) is 6.92 Å². The summed E-state index contributed by atoms with van der Waals surface area (Å²) in [6.45, 7) is 2.04. The van der Waals surface area contributed by atoms with E-state index in [1.165, 1.54) is 0 Å². The molecule has 2 heterocycles. The first kappa shape index (κ1) is 9.98. The Morgan fingerprint density at radius 1 is 1.47 bits per heavy atom. The second-order valence-electron chi connectivity index (χ2n) is 3.57. The molecule has 2 rings (SSSR count). The van der Waals surface area contributed by atoms with Crippen LogP contribution >= 0.6 is 0 Å². The summed E-state index contributed by atoms with van der Waals surface area (Å²) in [5.74, 6) is 0.945. The Kier molecular flexibility index (Phi) is 2.60. The molecule has 0 fully saturated rings. The number of hydrogen-bond acceptors (Lipinski definition) is 3. The van der Waals surface area contributed by atoms with Crippen molar-refractivity contribution in [1.82, 2.24) is 15.1 Å². The van der Waals surface area contributed by atoms with Gasteiger partial charge >= 0.3 is 0 Å². The van der Waals surface area contributed by atoms with Crippen LogP contribution in [0.15, 0.2) is 29.0 Å². The highest BCUT2D eigenvalue weighted by Crippen LogP contribution is 2.24. The van der Waals surface area contributed by atoms with Gasteiger partial charge in [0.15, 0.2) is 0 Å². The van der Waals surface area contributed by atoms with Crippen LogP contribution in [-0.2, 0) is 7.05 Å². The van der Waals surface area contributed by atoms with Crippen LogP contribution in [0.2, 0.25) is 0 Å². The van der Waals surface area contributed by atoms with E-state index in [0.717, 1.165) is 17.0 Å². The number of nitrogens with zero attached hydrogens (tertiary/aromatic N) is 2. The summed E-state index contributed by atoms with van der Waals surface area (Å²) in [4.78, 5) is 0. The van der Waals surface area contributed by atoms with Crippen molar-refractivity contribution in [1.29, 1.82) is 0 Å². The smallest absolute Gasteiger partial charge is 0.129 e. The van der Waals surface area contributed by atoms with Crippen molar-refractivity contribution in [2.45, 2.75) is 13.0 Å². The zero-order valence-electron chi connectivity index (χ0n) is 9.19. The van der Waals surface area contributed by atoms with E-state index in [4.69, 9.17) is 4.42 Å². The molecule has 1 N–H and O–H groups in total. The lowest BCUT2D eigenvalue weighted by Crippen LogP contribution is -2.20. The molecule has 80 valence electrons. The van der Waals surface area contributed by atoms with Gasteiger partial charge < -0.3 is 9.73 Å². The van der Waals surface area contributed by atoms with E-state index in [1.807, 2.05) is 37.8 Å². The summed E-state index contributed by atoms with van der Waals surface area (Å²) >= 11 is 0. The van der Waals surface area contributed by atoms with Gasteiger partial charge in [0.05, 0.1) is 12.0 Å². The average Bonchev–Trinajstić information content (AvgIpc) is 2.80. The third-order valence-corrected chi connectivity index (χ3v) is 2.61. The lowest BCUT2D eigenvalue weighted by atomic mass is 10.1. The van der Waals surface area contributed by atoms with Gasteiger partial charge in [-0.3, -0.25) is 4.68 Å². The molecule has 0 amide bonds. The van der Waals surface area contributed by atoms with Gasteiger partial charge in [0.2, 0.25) is 0 Å². The normalized spacial score (nSPS) is 13.0. The van der Waals surface area contributed by atoms with Gasteiger partial charge in [-0.15, -0.1) is 0 Å². The first-order valence-electron chi connectivity index (χ1n) is 4.93. The van der Waals surface area contributed by atoms with Crippen molar-refractivity contribution >= 4 is 0 Å². The molecule has 0 spiro atoms. The van der Waals surface area contributed by atoms with Crippen molar-refractivity contribution in [2.75, 3.05) is 7.05 Å². The topological polar surface area (TPSA) is 43.0 Å². The highest BCUT2D eigenvalue weighted by atomic mass is 16.3. The van der Waals surface area contributed by atoms with E-state index in [1.54, 1.807) is 12.5 Å². The van der Waals surface area contributed by atoms with E-state index in [2.05, 4.69) is 10.4 Å². The number of nitrogens with one attached hydrogen (secondary N) is 1. The van der Waals surface area contributed by atoms with E-state index < -0.39 is 0 Å². The Morgan fingerprint density at radius 2 is 2.27 bits per heavy atom. The molecule has 0 aromatic carbocycles. The molecule has 0 saturated heterocycles. The van der Waals surface area contributed by atoms with Crippen molar-refractivity contribution in [3.8, 4) is 0 Å². The van der Waals surface area contributed by atoms with Crippen LogP contribution in [0.25, 0.3) is 0 Å². The van der Waals surface area contributed by atoms with Crippen molar-refractivity contribution < 1.29 is 4.42 Å². The third kappa shape index (κ3) is 1.68. The van der Waals surface area contributed by atoms with Crippen molar-refractivity contribution in [3.05, 3.63) is 41.6 Å². The number of aromatic nitrogens is 2. The van der Waals surface area contributed by atoms with Crippen LogP contribution < -0.4 is 5.32 Å². The maximum atomic E-state index is 5.49. The SMILES string of the molecule is CNC(c1occc1C)c1ccnn1C. The van der Waals surface area contributed by atoms with Crippen LogP contribution in [-0.4, -0.2) is 16.8 Å². The molecule has 2 aromatic heterocycles. The van der Waals surface area contributed by atoms with E-state index in [-0.39, 0.29) is 6.04 Å². The summed E-state index contributed by atoms with van der Waals surface area (Å²) in [5.41, 5.74) is 2.24. The maximum Gasteiger partial charge on any atom is 0.129 e. The summed E-state index contributed by atoms with van der Waals surface area (Å²) < 4.78 is 7.34. The largest absolute Gasteiger partial charge is 0.467 e. The quantitative estimate of drug-likeness (QED) is 0.828. The fourth-order valence-electron chi connectivity index (χ4n) is 1.76. The van der Waals surface area contributed by atoms with Gasteiger partial charge in [0.1, 0.15) is 11.8 Å². The standard InChI is InChI=1S/C11H15N3O/c1-8-5-7-15-11(8)10(12-2)9-4-6-13-14(9)3/h4-7,10,12H,1-3H3. The highest BCUT2D eigenvalue weighted by molar-refractivity contribution is 5.26. The molecule has 0 saturated carbocycles. The van der Waals surface area contributed by atoms with Gasteiger partial charge in [0.25, 0.3) is 0 Å². The zero-order valence-corrected chi connectivity index (χ0v) is 9.19. The van der Waals surface area contributed by atoms with E-state index >= 15 is 0 Å². The summed E-state index contributed by atoms with van der Waals surface area (Å²) in [5, 5.41) is 7.39. The second kappa shape index (κ2) is 3.90. The monoisotopic (exact) mass is 205 g/mol. The first-order valence-corrected chi connectivity index (χ1v) is 4.93. The number of hydrogen-bond donors (Lipinski definition) is 1. The molecule has 1 unspecified atom stereocenters. The molecule has 15 heavy (non-hydrogen) atoms. The molecule has 2 aromatic rings. The summed E-state index contributed by atoms with van der Waals surface area (Å²) in [7, 11) is 3.84. The lowest BCUT2D eigenvalue weighted by molar-refractivity contribution is 0.446. The Morgan fingerprint density at radius 3 is 2.73 bits per heavy atom. The van der Waals surface area contributed by atoms with Crippen LogP contribution in [0.3, 0.4) is 0 Å². The Hall–Kier alpha value is -1.55. The molecule has 0 aliphatic carbocycles. The first-order chi connectivity index (χ1) is 7.24. The van der Waals surface area contributed by atoms with Crippen molar-refractivity contribution in [3.63, 3.8) is 0 Å². The van der Waals surface area contributed by atoms with Crippen LogP contribution in [0.4, 0.5) is 0 Å². The predicted molar refractivity (Wildman–Crippen MR) is 57.6 cm³/mol. The van der Waals surface area contributed by atoms with Gasteiger partial charge in [-0.25, -0.2) is 0 Å². The molecule has 0 bridgehead atoms. The third-order valence-electron chi connectivity index (χ3n) is 2.61. The fraction of sp³-hybridized carbons (Fsp3) is 0.364. The predicted octanol–water partition coefficient (Wildman–Crippen LogP) is 1.63. The summed E-state index contributed by atoms with van der Waals surface area (Å²) in [6.07, 6.45) is 3.50. The maximum absolute atomic E-state index is 5.49. The minimum atomic E-state index is 0.0625. The Balaban J connectivity index is 2.41. The molecule has 0 radical (unpaired) electrons. The Bertz CT molecular complexity index is 404. The average molecular weight is 205 g/mol. The van der Waals surface area contributed by atoms with Crippen LogP contribution in [0.1, 0.15) is 23.1 Å². The Labute approximate surface area is 88.9 Å². The van der Waals surface area contributed by atoms with Crippen molar-refractivity contribution in [2.24, 2.45) is 7.05 Å². The van der Waals surface area contributed by atoms with E-state index in [9.17, 15) is 0 Å². The molecular formula is C11H15N3O. The van der Waals surface area contributed by atoms with E-state index in [0.29, 0.717) is 0 Å². The molecular weight excluding hydrogens is 190 g/mol. The number of aryl methyl sites for hydroxylation is 2. The molecule has 4 nitrogen and oxygen atoms in total.